The Morgan fingerprint density at radius 1 is 0.636 bits per heavy atom. The maximum atomic E-state index is 12.9. The molecule has 0 radical (unpaired) electrons. The number of esters is 1. The number of unbranched alkanes of at least 4 members (excludes halogenated alkanes) is 14. The van der Waals surface area contributed by atoms with Gasteiger partial charge in [-0.25, -0.2) is 4.79 Å². The minimum Gasteiger partial charge on any atom is -0.505 e. The Labute approximate surface area is 535 Å². The number of benzene rings is 4. The van der Waals surface area contributed by atoms with Crippen molar-refractivity contribution in [3.63, 3.8) is 0 Å². The quantitative estimate of drug-likeness (QED) is 0.0291. The van der Waals surface area contributed by atoms with E-state index in [9.17, 15) is 24.3 Å². The number of fused-ring (bicyclic) bond motifs is 1. The number of carboxylic acid groups (broad SMARTS) is 1. The van der Waals surface area contributed by atoms with Crippen LogP contribution in [0.3, 0.4) is 0 Å². The number of carbonyl (C=O) groups is 4. The second kappa shape index (κ2) is 36.2. The van der Waals surface area contributed by atoms with Crippen molar-refractivity contribution in [2.24, 2.45) is 33.3 Å². The van der Waals surface area contributed by atoms with E-state index >= 15 is 0 Å². The van der Waals surface area contributed by atoms with Gasteiger partial charge in [0.2, 0.25) is 11.8 Å². The minimum atomic E-state index is -0.863. The molecule has 7 rings (SSSR count). The van der Waals surface area contributed by atoms with E-state index in [1.165, 1.54) is 69.0 Å². The number of carboxylic acids is 1. The average Bonchev–Trinajstić information content (AvgIpc) is 3.49. The first-order valence-corrected chi connectivity index (χ1v) is 33.6. The van der Waals surface area contributed by atoms with Gasteiger partial charge in [0.25, 0.3) is 0 Å². The third-order valence-electron chi connectivity index (χ3n) is 18.4. The molecule has 1 saturated heterocycles. The molecule has 2 aliphatic rings. The lowest BCUT2D eigenvalue weighted by Gasteiger charge is -2.52. The van der Waals surface area contributed by atoms with E-state index in [2.05, 4.69) is 96.6 Å². The van der Waals surface area contributed by atoms with Crippen LogP contribution in [-0.4, -0.2) is 85.6 Å². The summed E-state index contributed by atoms with van der Waals surface area (Å²) in [7, 11) is 0. The second-order valence-electron chi connectivity index (χ2n) is 28.1. The number of likely N-dealkylation sites (tertiary alicyclic amines) is 1. The van der Waals surface area contributed by atoms with E-state index in [4.69, 9.17) is 27.2 Å². The van der Waals surface area contributed by atoms with Crippen LogP contribution in [0.2, 0.25) is 5.02 Å². The number of aromatic carboxylic acids is 1. The fourth-order valence-corrected chi connectivity index (χ4v) is 13.5. The predicted molar refractivity (Wildman–Crippen MR) is 363 cm³/mol. The number of halogens is 1. The van der Waals surface area contributed by atoms with Gasteiger partial charge in [-0.3, -0.25) is 14.4 Å². The minimum absolute atomic E-state index is 0.0152. The van der Waals surface area contributed by atoms with Crippen LogP contribution in [0.1, 0.15) is 254 Å². The van der Waals surface area contributed by atoms with Crippen LogP contribution < -0.4 is 11.1 Å². The molecule has 5 aromatic rings. The molecule has 1 aliphatic heterocycles. The number of rotatable bonds is 27. The lowest BCUT2D eigenvalue weighted by atomic mass is 9.60. The van der Waals surface area contributed by atoms with Gasteiger partial charge in [0.1, 0.15) is 28.6 Å². The summed E-state index contributed by atoms with van der Waals surface area (Å²) in [4.78, 5) is 50.8. The summed E-state index contributed by atoms with van der Waals surface area (Å²) in [6.45, 7) is 33.8. The van der Waals surface area contributed by atoms with E-state index in [0.717, 1.165) is 112 Å². The SMILES string of the molecule is CCCCCCCCNC1C(C)(C)CC(OC(=O)CCCCCCCCC(=O)N2CC(C)(C)C(C)C(C)(C)C2)CC1(C)C.CCCCCCCc1ccccc1C(N)=O.Cc1cc(C)c(O)c(-n2nc3ccc(Cl)cc3n2)c1.Cc1ccccc1C(=O)O. The third kappa shape index (κ3) is 24.2. The number of aryl methyl sites for hydroxylation is 4. The Bertz CT molecular complexity index is 2930. The largest absolute Gasteiger partial charge is 0.505 e. The van der Waals surface area contributed by atoms with E-state index in [1.54, 1.807) is 43.3 Å². The number of phenolic OH excluding ortho intramolecular Hbond substituents is 1. The van der Waals surface area contributed by atoms with Crippen LogP contribution in [0.25, 0.3) is 16.7 Å². The summed E-state index contributed by atoms with van der Waals surface area (Å²) >= 11 is 5.93. The highest BCUT2D eigenvalue weighted by Crippen LogP contribution is 2.48. The number of nitrogens with one attached hydrogen (secondary N) is 1. The zero-order valence-electron chi connectivity index (χ0n) is 56.6. The molecular formula is C74H113ClN6O7. The summed E-state index contributed by atoms with van der Waals surface area (Å²) < 4.78 is 6.05. The van der Waals surface area contributed by atoms with Crippen LogP contribution in [0.5, 0.6) is 5.75 Å². The standard InChI is InChI=1S/C38H72N2O3.C14H12ClN3O.C14H21NO.C8H8O2/c1-11-12-13-14-19-22-25-39-34-35(3,4)26-31(27-36(34,5)6)43-33(42)24-21-18-16-15-17-20-23-32(41)40-28-37(7,8)30(2)38(9,10)29-40;1-8-5-9(2)14(19)13(6-8)18-16-11-4-3-10(15)7-12(11)17-18;1-2-3-4-5-6-9-12-10-7-8-11-13(12)14(15)16;1-6-4-2-3-5-7(6)8(9)10/h30-31,34,39H,11-29H2,1-10H3;3-7,19H,1-2H3;7-8,10-11H,2-6,9H2,1H3,(H2,15,16);2-5H,1H3,(H,9,10). The number of hydrogen-bond donors (Lipinski definition) is 4. The molecule has 88 heavy (non-hydrogen) atoms. The van der Waals surface area contributed by atoms with E-state index in [-0.39, 0.29) is 45.4 Å². The van der Waals surface area contributed by atoms with E-state index < -0.39 is 5.97 Å². The maximum Gasteiger partial charge on any atom is 0.335 e. The monoisotopic (exact) mass is 1230 g/mol. The highest BCUT2D eigenvalue weighted by molar-refractivity contribution is 6.31. The normalized spacial score (nSPS) is 17.3. The van der Waals surface area contributed by atoms with E-state index in [0.29, 0.717) is 58.1 Å². The van der Waals surface area contributed by atoms with Crippen molar-refractivity contribution in [3.05, 3.63) is 117 Å². The first-order chi connectivity index (χ1) is 41.5. The van der Waals surface area contributed by atoms with Crippen LogP contribution in [-0.2, 0) is 20.7 Å². The average molecular weight is 1230 g/mol. The summed E-state index contributed by atoms with van der Waals surface area (Å²) in [6, 6.07) is 24.1. The van der Waals surface area contributed by atoms with Gasteiger partial charge in [-0.2, -0.15) is 0 Å². The van der Waals surface area contributed by atoms with Crippen LogP contribution in [0.4, 0.5) is 0 Å². The van der Waals surface area contributed by atoms with Gasteiger partial charge in [-0.15, -0.1) is 15.0 Å². The lowest BCUT2D eigenvalue weighted by Crippen LogP contribution is -2.57. The smallest absolute Gasteiger partial charge is 0.335 e. The molecule has 2 fully saturated rings. The fraction of sp³-hybridized carbons (Fsp3) is 0.622. The topological polar surface area (TPSA) is 190 Å². The van der Waals surface area contributed by atoms with Crippen LogP contribution >= 0.6 is 11.6 Å². The molecule has 14 heteroatoms. The molecule has 2 heterocycles. The number of aromatic hydroxyl groups is 1. The van der Waals surface area contributed by atoms with E-state index in [1.807, 2.05) is 56.3 Å². The first-order valence-electron chi connectivity index (χ1n) is 33.2. The van der Waals surface area contributed by atoms with Crippen molar-refractivity contribution >= 4 is 46.4 Å². The molecule has 0 spiro atoms. The summed E-state index contributed by atoms with van der Waals surface area (Å²) in [5, 5.41) is 31.9. The second-order valence-corrected chi connectivity index (χ2v) is 28.5. The molecule has 488 valence electrons. The van der Waals surface area contributed by atoms with Gasteiger partial charge in [0, 0.05) is 42.6 Å². The van der Waals surface area contributed by atoms with Gasteiger partial charge in [-0.05, 0) is 158 Å². The molecule has 2 amide bonds. The van der Waals surface area contributed by atoms with Crippen molar-refractivity contribution in [2.75, 3.05) is 19.6 Å². The number of carbonyl (C=O) groups excluding carboxylic acids is 3. The Morgan fingerprint density at radius 3 is 1.73 bits per heavy atom. The molecular weight excluding hydrogens is 1120 g/mol. The highest BCUT2D eigenvalue weighted by Gasteiger charge is 2.48. The molecule has 1 saturated carbocycles. The molecule has 0 unspecified atom stereocenters. The van der Waals surface area contributed by atoms with Gasteiger partial charge < -0.3 is 30.9 Å². The number of aromatic nitrogens is 3. The Hall–Kier alpha value is -5.79. The molecule has 13 nitrogen and oxygen atoms in total. The number of primary amides is 1. The third-order valence-corrected chi connectivity index (χ3v) is 18.6. The van der Waals surface area contributed by atoms with Gasteiger partial charge >= 0.3 is 11.9 Å². The van der Waals surface area contributed by atoms with Crippen molar-refractivity contribution in [1.82, 2.24) is 25.2 Å². The Kier molecular flexibility index (Phi) is 30.7. The first kappa shape index (κ1) is 74.7. The lowest BCUT2D eigenvalue weighted by molar-refractivity contribution is -0.157. The van der Waals surface area contributed by atoms with Gasteiger partial charge in [-0.1, -0.05) is 214 Å². The van der Waals surface area contributed by atoms with Crippen LogP contribution in [0, 0.1) is 48.3 Å². The number of piperidine rings is 1. The Balaban J connectivity index is 0.000000297. The van der Waals surface area contributed by atoms with Crippen molar-refractivity contribution in [2.45, 2.75) is 250 Å². The summed E-state index contributed by atoms with van der Waals surface area (Å²) in [5.41, 5.74) is 12.6. The van der Waals surface area contributed by atoms with Gasteiger partial charge in [0.15, 0.2) is 0 Å². The fourth-order valence-electron chi connectivity index (χ4n) is 13.3. The molecule has 0 atom stereocenters. The van der Waals surface area contributed by atoms with Crippen molar-refractivity contribution in [3.8, 4) is 11.4 Å². The number of ether oxygens (including phenoxy) is 1. The van der Waals surface area contributed by atoms with Crippen LogP contribution in [0.15, 0.2) is 78.9 Å². The molecule has 1 aliphatic carbocycles. The molecule has 0 bridgehead atoms. The molecule has 1 aromatic heterocycles. The summed E-state index contributed by atoms with van der Waals surface area (Å²) in [5.74, 6) is -0.0942. The number of nitrogens with zero attached hydrogens (tertiary/aromatic N) is 4. The maximum absolute atomic E-state index is 12.9. The highest BCUT2D eigenvalue weighted by atomic mass is 35.5. The predicted octanol–water partition coefficient (Wildman–Crippen LogP) is 18.1. The number of amides is 2. The summed E-state index contributed by atoms with van der Waals surface area (Å²) in [6.07, 6.45) is 24.5. The number of phenols is 1. The zero-order valence-corrected chi connectivity index (χ0v) is 57.4. The van der Waals surface area contributed by atoms with Crippen molar-refractivity contribution < 1.29 is 34.1 Å². The number of nitrogens with two attached hydrogens (primary N) is 1. The number of hydrogen-bond acceptors (Lipinski definition) is 9. The van der Waals surface area contributed by atoms with Crippen molar-refractivity contribution in [1.29, 1.82) is 0 Å². The molecule has 5 N–H and O–H groups in total. The zero-order chi connectivity index (χ0) is 65.2. The van der Waals surface area contributed by atoms with Gasteiger partial charge in [0.05, 0.1) is 5.56 Å². The molecule has 4 aromatic carbocycles. The Morgan fingerprint density at radius 2 is 1.16 bits per heavy atom.